The van der Waals surface area contributed by atoms with E-state index in [4.69, 9.17) is 11.6 Å². The summed E-state index contributed by atoms with van der Waals surface area (Å²) in [5.74, 6) is 0.939. The Labute approximate surface area is 259 Å². The molecule has 0 aliphatic rings. The molecule has 0 radical (unpaired) electrons. The molecule has 0 saturated heterocycles. The Morgan fingerprint density at radius 2 is 1.50 bits per heavy atom. The van der Waals surface area contributed by atoms with Crippen molar-refractivity contribution < 1.29 is 8.42 Å². The first kappa shape index (κ1) is 31.8. The third-order valence-electron chi connectivity index (χ3n) is 6.19. The summed E-state index contributed by atoms with van der Waals surface area (Å²) in [6, 6.07) is 22.5. The molecule has 218 valence electrons. The third kappa shape index (κ3) is 8.48. The number of nitrogens with zero attached hydrogens (tertiary/aromatic N) is 7. The molecule has 0 saturated carbocycles. The van der Waals surface area contributed by atoms with Crippen molar-refractivity contribution in [2.24, 2.45) is 0 Å². The number of rotatable bonds is 10. The van der Waals surface area contributed by atoms with Gasteiger partial charge in [0, 0.05) is 17.3 Å². The molecule has 0 N–H and O–H groups in total. The van der Waals surface area contributed by atoms with Crippen LogP contribution >= 0.6 is 11.6 Å². The van der Waals surface area contributed by atoms with E-state index in [-0.39, 0.29) is 10.9 Å². The molecule has 42 heavy (non-hydrogen) atoms. The van der Waals surface area contributed by atoms with Crippen molar-refractivity contribution in [1.82, 2.24) is 35.4 Å². The van der Waals surface area contributed by atoms with Gasteiger partial charge in [-0.2, -0.15) is 5.21 Å². The van der Waals surface area contributed by atoms with E-state index in [0.717, 1.165) is 35.1 Å². The van der Waals surface area contributed by atoms with Crippen LogP contribution in [0.1, 0.15) is 36.7 Å². The molecular formula is C30H34ClN7O2SSn. The van der Waals surface area contributed by atoms with E-state index >= 15 is 0 Å². The second kappa shape index (κ2) is 14.9. The van der Waals surface area contributed by atoms with Gasteiger partial charge in [-0.1, -0.05) is 85.6 Å². The van der Waals surface area contributed by atoms with Crippen LogP contribution in [0, 0.1) is 0 Å². The van der Waals surface area contributed by atoms with Gasteiger partial charge in [0.2, 0.25) is 15.0 Å². The van der Waals surface area contributed by atoms with E-state index in [9.17, 15) is 8.42 Å². The van der Waals surface area contributed by atoms with Gasteiger partial charge in [0.15, 0.2) is 0 Å². The van der Waals surface area contributed by atoms with E-state index in [1.54, 1.807) is 28.8 Å². The zero-order valence-corrected chi connectivity index (χ0v) is 28.6. The molecule has 0 spiro atoms. The van der Waals surface area contributed by atoms with Crippen molar-refractivity contribution in [3.05, 3.63) is 94.8 Å². The number of benzene rings is 3. The first-order chi connectivity index (χ1) is 20.2. The van der Waals surface area contributed by atoms with Gasteiger partial charge in [-0.05, 0) is 46.4 Å². The predicted molar refractivity (Wildman–Crippen MR) is 167 cm³/mol. The van der Waals surface area contributed by atoms with Crippen molar-refractivity contribution in [3.8, 4) is 22.5 Å². The number of halogens is 1. The van der Waals surface area contributed by atoms with Crippen LogP contribution in [0.25, 0.3) is 22.5 Å². The first-order valence-electron chi connectivity index (χ1n) is 13.7. The van der Waals surface area contributed by atoms with Gasteiger partial charge in [0.25, 0.3) is 0 Å². The van der Waals surface area contributed by atoms with Gasteiger partial charge in [-0.25, -0.2) is 8.42 Å². The van der Waals surface area contributed by atoms with E-state index in [2.05, 4.69) is 52.6 Å². The molecule has 0 bridgehead atoms. The molecule has 0 aliphatic heterocycles. The zero-order valence-electron chi connectivity index (χ0n) is 24.2. The van der Waals surface area contributed by atoms with Crippen molar-refractivity contribution >= 4 is 41.2 Å². The first-order valence-corrected chi connectivity index (χ1v) is 24.3. The van der Waals surface area contributed by atoms with Crippen LogP contribution in [0.5, 0.6) is 0 Å². The maximum atomic E-state index is 13.4. The van der Waals surface area contributed by atoms with Gasteiger partial charge in [0.05, 0.1) is 12.3 Å². The Balaban J connectivity index is 0.000000952. The van der Waals surface area contributed by atoms with Gasteiger partial charge in [0.1, 0.15) is 5.82 Å². The number of aromatic nitrogens is 7. The fourth-order valence-electron chi connectivity index (χ4n) is 4.25. The average molecular weight is 711 g/mol. The number of tetrazole rings is 1. The predicted octanol–water partition coefficient (Wildman–Crippen LogP) is 6.14. The summed E-state index contributed by atoms with van der Waals surface area (Å²) < 4.78 is 28.5. The van der Waals surface area contributed by atoms with Crippen LogP contribution in [0.15, 0.2) is 78.0 Å². The van der Waals surface area contributed by atoms with Crippen LogP contribution in [-0.4, -0.2) is 58.5 Å². The Morgan fingerprint density at radius 3 is 2.12 bits per heavy atom. The summed E-state index contributed by atoms with van der Waals surface area (Å²) in [5, 5.41) is 24.1. The topological polar surface area (TPSA) is 118 Å². The summed E-state index contributed by atoms with van der Waals surface area (Å²) in [4.78, 5) is 7.09. The number of aryl methyl sites for hydroxylation is 1. The van der Waals surface area contributed by atoms with Crippen LogP contribution in [0.3, 0.4) is 0 Å². The normalized spacial score (nSPS) is 11.2. The third-order valence-corrected chi connectivity index (χ3v) is 8.01. The molecule has 0 aliphatic carbocycles. The quantitative estimate of drug-likeness (QED) is 0.159. The SMILES string of the molecule is CCCCc1nnc(S(=O)(=O)Cc2ccc(Cl)cc2)n1Cc1ccc(-c2ccccc2-c2nnn[n-]2)cc1.[CH3][Sn+]([CH3])[CH3]. The number of sulfone groups is 1. The molecule has 12 heteroatoms. The fraction of sp³-hybridized carbons (Fsp3) is 0.300. The minimum absolute atomic E-state index is 0.0265. The van der Waals surface area contributed by atoms with E-state index in [1.807, 2.05) is 48.5 Å². The summed E-state index contributed by atoms with van der Waals surface area (Å²) in [5.41, 5.74) is 4.33. The van der Waals surface area contributed by atoms with Crippen molar-refractivity contribution in [2.75, 3.05) is 0 Å². The Hall–Kier alpha value is -3.09. The molecular weight excluding hydrogens is 677 g/mol. The standard InChI is InChI=1S/C27H25ClN7O2S.3CH3.Sn/c1-2-3-8-25-29-32-27(38(36,37)18-20-11-15-22(28)16-12-20)35(25)17-19-9-13-21(14-10-19)23-6-4-5-7-24(23)26-30-33-34-31-26;;;;/h4-7,9-16H,2-3,8,17-18H2,1H3;3*1H3;/q-1;;;;+1. The average Bonchev–Trinajstić information content (AvgIpc) is 3.64. The molecule has 3 aromatic carbocycles. The van der Waals surface area contributed by atoms with Crippen molar-refractivity contribution in [2.45, 2.75) is 58.5 Å². The summed E-state index contributed by atoms with van der Waals surface area (Å²) >= 11 is 5.42. The van der Waals surface area contributed by atoms with E-state index in [1.165, 1.54) is 0 Å². The van der Waals surface area contributed by atoms with Crippen LogP contribution < -0.4 is 5.10 Å². The van der Waals surface area contributed by atoms with Gasteiger partial charge in [-0.15, -0.1) is 10.2 Å². The van der Waals surface area contributed by atoms with Crippen molar-refractivity contribution in [3.63, 3.8) is 0 Å². The Morgan fingerprint density at radius 1 is 0.857 bits per heavy atom. The molecule has 5 rings (SSSR count). The second-order valence-electron chi connectivity index (χ2n) is 10.4. The summed E-state index contributed by atoms with van der Waals surface area (Å²) in [6.45, 7) is 2.42. The zero-order chi connectivity index (χ0) is 30.1. The number of unbranched alkanes of at least 4 members (excludes halogenated alkanes) is 1. The van der Waals surface area contributed by atoms with E-state index in [0.29, 0.717) is 35.2 Å². The molecule has 0 fully saturated rings. The van der Waals surface area contributed by atoms with Gasteiger partial charge >= 0.3 is 34.6 Å². The maximum absolute atomic E-state index is 13.4. The molecule has 2 aromatic heterocycles. The minimum atomic E-state index is -3.74. The molecule has 0 amide bonds. The number of hydrogen-bond donors (Lipinski definition) is 0. The second-order valence-corrected chi connectivity index (χ2v) is 21.3. The molecule has 0 unspecified atom stereocenters. The summed E-state index contributed by atoms with van der Waals surface area (Å²) in [6.07, 6.45) is 2.50. The van der Waals surface area contributed by atoms with Crippen molar-refractivity contribution in [1.29, 1.82) is 0 Å². The van der Waals surface area contributed by atoms with E-state index < -0.39 is 29.6 Å². The summed E-state index contributed by atoms with van der Waals surface area (Å²) in [7, 11) is -3.74. The Bertz CT molecular complexity index is 1670. The van der Waals surface area contributed by atoms with Crippen LogP contribution in [0.2, 0.25) is 19.8 Å². The monoisotopic (exact) mass is 711 g/mol. The molecule has 5 aromatic rings. The van der Waals surface area contributed by atoms with Crippen LogP contribution in [0.4, 0.5) is 0 Å². The van der Waals surface area contributed by atoms with Crippen LogP contribution in [-0.2, 0) is 28.6 Å². The van der Waals surface area contributed by atoms with Gasteiger partial charge < -0.3 is 5.10 Å². The molecule has 9 nitrogen and oxygen atoms in total. The van der Waals surface area contributed by atoms with Gasteiger partial charge in [-0.3, -0.25) is 14.9 Å². The fourth-order valence-corrected chi connectivity index (χ4v) is 5.80. The molecule has 0 atom stereocenters. The number of hydrogen-bond acceptors (Lipinski definition) is 7. The Kier molecular flexibility index (Phi) is 11.3. The molecule has 2 heterocycles.